The molecule has 2 heterocycles. The van der Waals surface area contributed by atoms with E-state index in [1.807, 2.05) is 29.4 Å². The van der Waals surface area contributed by atoms with Gasteiger partial charge in [-0.25, -0.2) is 4.79 Å². The fourth-order valence-electron chi connectivity index (χ4n) is 2.97. The molecular weight excluding hydrogens is 288 g/mol. The van der Waals surface area contributed by atoms with Crippen molar-refractivity contribution in [3.63, 3.8) is 0 Å². The van der Waals surface area contributed by atoms with Crippen molar-refractivity contribution in [1.29, 1.82) is 0 Å². The fraction of sp³-hybridized carbons (Fsp3) is 0.667. The molecule has 0 saturated carbocycles. The quantitative estimate of drug-likeness (QED) is 0.785. The Morgan fingerprint density at radius 1 is 1.17 bits per heavy atom. The minimum atomic E-state index is 0.0855. The van der Waals surface area contributed by atoms with E-state index in [4.69, 9.17) is 0 Å². The van der Waals surface area contributed by atoms with E-state index in [1.54, 1.807) is 0 Å². The van der Waals surface area contributed by atoms with Crippen molar-refractivity contribution in [3.8, 4) is 0 Å². The SMILES string of the molecule is CCCCCCC(C)NC(=O)N1CCN(c2ccncc2)CC1. The van der Waals surface area contributed by atoms with Crippen LogP contribution in [0.1, 0.15) is 46.0 Å². The van der Waals surface area contributed by atoms with Crippen molar-refractivity contribution >= 4 is 11.7 Å². The highest BCUT2D eigenvalue weighted by Gasteiger charge is 2.22. The summed E-state index contributed by atoms with van der Waals surface area (Å²) in [5.74, 6) is 0. The molecule has 0 bridgehead atoms. The van der Waals surface area contributed by atoms with E-state index in [0.717, 1.165) is 32.6 Å². The monoisotopic (exact) mass is 318 g/mol. The lowest BCUT2D eigenvalue weighted by Crippen LogP contribution is -2.53. The molecular formula is C18H30N4O. The number of hydrogen-bond donors (Lipinski definition) is 1. The summed E-state index contributed by atoms with van der Waals surface area (Å²) in [6.07, 6.45) is 9.71. The summed E-state index contributed by atoms with van der Waals surface area (Å²) in [4.78, 5) is 20.6. The number of carbonyl (C=O) groups excluding carboxylic acids is 1. The molecule has 1 N–H and O–H groups in total. The number of urea groups is 1. The van der Waals surface area contributed by atoms with Gasteiger partial charge in [-0.15, -0.1) is 0 Å². The number of anilines is 1. The van der Waals surface area contributed by atoms with Gasteiger partial charge in [-0.3, -0.25) is 4.98 Å². The molecule has 0 spiro atoms. The Morgan fingerprint density at radius 3 is 2.52 bits per heavy atom. The predicted octanol–water partition coefficient (Wildman–Crippen LogP) is 3.27. The molecule has 0 aliphatic carbocycles. The normalized spacial score (nSPS) is 16.3. The van der Waals surface area contributed by atoms with Gasteiger partial charge in [-0.1, -0.05) is 32.6 Å². The van der Waals surface area contributed by atoms with E-state index in [-0.39, 0.29) is 12.1 Å². The highest BCUT2D eigenvalue weighted by atomic mass is 16.2. The first kappa shape index (κ1) is 17.6. The van der Waals surface area contributed by atoms with Gasteiger partial charge in [-0.05, 0) is 25.5 Å². The topological polar surface area (TPSA) is 48.5 Å². The molecule has 23 heavy (non-hydrogen) atoms. The second-order valence-electron chi connectivity index (χ2n) is 6.38. The van der Waals surface area contributed by atoms with E-state index in [1.165, 1.54) is 31.4 Å². The van der Waals surface area contributed by atoms with Crippen LogP contribution in [0.15, 0.2) is 24.5 Å². The maximum atomic E-state index is 12.3. The van der Waals surface area contributed by atoms with Crippen molar-refractivity contribution in [2.45, 2.75) is 52.0 Å². The minimum absolute atomic E-state index is 0.0855. The van der Waals surface area contributed by atoms with Gasteiger partial charge < -0.3 is 15.1 Å². The number of carbonyl (C=O) groups is 1. The van der Waals surface area contributed by atoms with Gasteiger partial charge in [0.1, 0.15) is 0 Å². The summed E-state index contributed by atoms with van der Waals surface area (Å²) in [6.45, 7) is 7.63. The van der Waals surface area contributed by atoms with Crippen LogP contribution in [0, 0.1) is 0 Å². The molecule has 5 heteroatoms. The number of rotatable bonds is 7. The third kappa shape index (κ3) is 5.73. The lowest BCUT2D eigenvalue weighted by molar-refractivity contribution is 0.190. The van der Waals surface area contributed by atoms with E-state index in [9.17, 15) is 4.79 Å². The van der Waals surface area contributed by atoms with Crippen molar-refractivity contribution in [3.05, 3.63) is 24.5 Å². The molecule has 0 aromatic carbocycles. The number of piperazine rings is 1. The van der Waals surface area contributed by atoms with Gasteiger partial charge in [0.15, 0.2) is 0 Å². The van der Waals surface area contributed by atoms with Gasteiger partial charge in [0, 0.05) is 50.3 Å². The molecule has 2 amide bonds. The number of nitrogens with one attached hydrogen (secondary N) is 1. The van der Waals surface area contributed by atoms with Gasteiger partial charge in [0.2, 0.25) is 0 Å². The molecule has 1 atom stereocenters. The summed E-state index contributed by atoms with van der Waals surface area (Å²) in [5.41, 5.74) is 1.18. The molecule has 1 fully saturated rings. The standard InChI is InChI=1S/C18H30N4O/c1-3-4-5-6-7-16(2)20-18(23)22-14-12-21(13-15-22)17-8-10-19-11-9-17/h8-11,16H,3-7,12-15H2,1-2H3,(H,20,23). The number of amides is 2. The molecule has 1 saturated heterocycles. The average Bonchev–Trinajstić information content (AvgIpc) is 2.59. The highest BCUT2D eigenvalue weighted by molar-refractivity contribution is 5.74. The number of nitrogens with zero attached hydrogens (tertiary/aromatic N) is 3. The Kier molecular flexibility index (Phi) is 7.17. The summed E-state index contributed by atoms with van der Waals surface area (Å²) < 4.78 is 0. The Bertz CT molecular complexity index is 457. The first-order valence-electron chi connectivity index (χ1n) is 8.91. The Balaban J connectivity index is 1.69. The fourth-order valence-corrected chi connectivity index (χ4v) is 2.97. The third-order valence-corrected chi connectivity index (χ3v) is 4.46. The summed E-state index contributed by atoms with van der Waals surface area (Å²) in [7, 11) is 0. The largest absolute Gasteiger partial charge is 0.368 e. The van der Waals surface area contributed by atoms with Crippen LogP contribution in [0.3, 0.4) is 0 Å². The zero-order chi connectivity index (χ0) is 16.5. The summed E-state index contributed by atoms with van der Waals surface area (Å²) >= 11 is 0. The number of hydrogen-bond acceptors (Lipinski definition) is 3. The summed E-state index contributed by atoms with van der Waals surface area (Å²) in [6, 6.07) is 4.39. The lowest BCUT2D eigenvalue weighted by atomic mass is 10.1. The first-order valence-corrected chi connectivity index (χ1v) is 8.91. The number of pyridine rings is 1. The third-order valence-electron chi connectivity index (χ3n) is 4.46. The smallest absolute Gasteiger partial charge is 0.317 e. The van der Waals surface area contributed by atoms with Crippen LogP contribution in [0.4, 0.5) is 10.5 Å². The zero-order valence-corrected chi connectivity index (χ0v) is 14.5. The van der Waals surface area contributed by atoms with Crippen LogP contribution in [-0.2, 0) is 0 Å². The van der Waals surface area contributed by atoms with Gasteiger partial charge in [0.05, 0.1) is 0 Å². The molecule has 1 aliphatic heterocycles. The molecule has 1 aromatic rings. The highest BCUT2D eigenvalue weighted by Crippen LogP contribution is 2.15. The summed E-state index contributed by atoms with van der Waals surface area (Å²) in [5, 5.41) is 3.14. The molecule has 5 nitrogen and oxygen atoms in total. The predicted molar refractivity (Wildman–Crippen MR) is 94.8 cm³/mol. The van der Waals surface area contributed by atoms with Crippen molar-refractivity contribution in [2.75, 3.05) is 31.1 Å². The Labute approximate surface area is 140 Å². The maximum Gasteiger partial charge on any atom is 0.317 e. The molecule has 2 rings (SSSR count). The lowest BCUT2D eigenvalue weighted by Gasteiger charge is -2.36. The Hall–Kier alpha value is -1.78. The van der Waals surface area contributed by atoms with Gasteiger partial charge in [-0.2, -0.15) is 0 Å². The zero-order valence-electron chi connectivity index (χ0n) is 14.5. The van der Waals surface area contributed by atoms with Crippen LogP contribution in [0.2, 0.25) is 0 Å². The number of unbranched alkanes of at least 4 members (excludes halogenated alkanes) is 3. The van der Waals surface area contributed by atoms with Crippen molar-refractivity contribution in [1.82, 2.24) is 15.2 Å². The Morgan fingerprint density at radius 2 is 1.87 bits per heavy atom. The van der Waals surface area contributed by atoms with Crippen molar-refractivity contribution in [2.24, 2.45) is 0 Å². The van der Waals surface area contributed by atoms with Gasteiger partial charge in [0.25, 0.3) is 0 Å². The van der Waals surface area contributed by atoms with E-state index >= 15 is 0 Å². The van der Waals surface area contributed by atoms with Crippen LogP contribution in [-0.4, -0.2) is 48.1 Å². The second-order valence-corrected chi connectivity index (χ2v) is 6.38. The minimum Gasteiger partial charge on any atom is -0.368 e. The maximum absolute atomic E-state index is 12.3. The second kappa shape index (κ2) is 9.38. The van der Waals surface area contributed by atoms with Crippen LogP contribution >= 0.6 is 0 Å². The van der Waals surface area contributed by atoms with Crippen LogP contribution in [0.5, 0.6) is 0 Å². The molecule has 128 valence electrons. The molecule has 0 radical (unpaired) electrons. The van der Waals surface area contributed by atoms with Crippen LogP contribution < -0.4 is 10.2 Å². The molecule has 1 aliphatic rings. The first-order chi connectivity index (χ1) is 11.2. The van der Waals surface area contributed by atoms with Gasteiger partial charge >= 0.3 is 6.03 Å². The van der Waals surface area contributed by atoms with Crippen molar-refractivity contribution < 1.29 is 4.79 Å². The van der Waals surface area contributed by atoms with E-state index < -0.39 is 0 Å². The van der Waals surface area contributed by atoms with E-state index in [0.29, 0.717) is 0 Å². The molecule has 1 unspecified atom stereocenters. The number of aromatic nitrogens is 1. The van der Waals surface area contributed by atoms with E-state index in [2.05, 4.69) is 29.0 Å². The average molecular weight is 318 g/mol. The molecule has 1 aromatic heterocycles. The van der Waals surface area contributed by atoms with Crippen LogP contribution in [0.25, 0.3) is 0 Å².